The van der Waals surface area contributed by atoms with Crippen LogP contribution in [0.1, 0.15) is 20.8 Å². The fraction of sp³-hybridized carbons (Fsp3) is 0.917. The molecule has 1 N–H and O–H groups in total. The molecule has 0 aromatic rings. The third kappa shape index (κ3) is 4.60. The minimum Gasteiger partial charge on any atom is -0.444 e. The van der Waals surface area contributed by atoms with Crippen molar-refractivity contribution in [2.24, 2.45) is 5.92 Å². The molecule has 1 heterocycles. The van der Waals surface area contributed by atoms with Crippen LogP contribution in [0.25, 0.3) is 0 Å². The Kier molecular flexibility index (Phi) is 5.04. The van der Waals surface area contributed by atoms with Crippen molar-refractivity contribution in [1.82, 2.24) is 9.21 Å². The maximum Gasteiger partial charge on any atom is 0.410 e. The minimum absolute atomic E-state index is 0.0997. The van der Waals surface area contributed by atoms with E-state index in [-0.39, 0.29) is 18.8 Å². The number of hydrogen-bond acceptors (Lipinski definition) is 5. The molecule has 1 amide bonds. The second-order valence-electron chi connectivity index (χ2n) is 6.27. The van der Waals surface area contributed by atoms with E-state index in [4.69, 9.17) is 4.74 Å². The molecule has 1 aliphatic heterocycles. The lowest BCUT2D eigenvalue weighted by Crippen LogP contribution is -2.36. The van der Waals surface area contributed by atoms with Crippen molar-refractivity contribution in [2.75, 3.05) is 32.9 Å². The highest BCUT2D eigenvalue weighted by molar-refractivity contribution is 7.89. The van der Waals surface area contributed by atoms with Gasteiger partial charge in [-0.1, -0.05) is 0 Å². The van der Waals surface area contributed by atoms with Gasteiger partial charge in [0.1, 0.15) is 5.60 Å². The van der Waals surface area contributed by atoms with E-state index in [1.807, 2.05) is 0 Å². The van der Waals surface area contributed by atoms with Crippen molar-refractivity contribution in [2.45, 2.75) is 32.5 Å². The molecule has 0 spiro atoms. The molecule has 0 bridgehead atoms. The first kappa shape index (κ1) is 17.2. The number of ether oxygens (including phenoxy) is 1. The van der Waals surface area contributed by atoms with Gasteiger partial charge in [-0.05, 0) is 20.8 Å². The molecule has 0 radical (unpaired) electrons. The average Bonchev–Trinajstić information content (AvgIpc) is 2.57. The zero-order valence-corrected chi connectivity index (χ0v) is 13.5. The van der Waals surface area contributed by atoms with Crippen LogP contribution in [0.15, 0.2) is 0 Å². The van der Waals surface area contributed by atoms with Crippen LogP contribution in [0.5, 0.6) is 0 Å². The van der Waals surface area contributed by atoms with Crippen molar-refractivity contribution >= 4 is 16.1 Å². The van der Waals surface area contributed by atoms with E-state index in [0.29, 0.717) is 0 Å². The molecule has 0 aromatic heterocycles. The smallest absolute Gasteiger partial charge is 0.410 e. The molecule has 0 aliphatic carbocycles. The largest absolute Gasteiger partial charge is 0.444 e. The lowest BCUT2D eigenvalue weighted by Gasteiger charge is -2.24. The predicted octanol–water partition coefficient (Wildman–Crippen LogP) is 0.106. The van der Waals surface area contributed by atoms with Crippen molar-refractivity contribution < 1.29 is 23.1 Å². The number of aliphatic hydroxyl groups excluding tert-OH is 1. The molecule has 0 saturated carbocycles. The highest BCUT2D eigenvalue weighted by atomic mass is 32.2. The number of nitrogens with zero attached hydrogens (tertiary/aromatic N) is 2. The van der Waals surface area contributed by atoms with Crippen LogP contribution >= 0.6 is 0 Å². The van der Waals surface area contributed by atoms with Gasteiger partial charge in [0.05, 0.1) is 18.4 Å². The molecule has 7 nitrogen and oxygen atoms in total. The van der Waals surface area contributed by atoms with E-state index in [2.05, 4.69) is 0 Å². The highest BCUT2D eigenvalue weighted by Gasteiger charge is 2.38. The zero-order valence-electron chi connectivity index (χ0n) is 12.7. The summed E-state index contributed by atoms with van der Waals surface area (Å²) in [5.74, 6) is -0.671. The zero-order chi connectivity index (χ0) is 15.7. The molecule has 8 heteroatoms. The standard InChI is InChI=1S/C12H24N2O5S/c1-12(2,3)19-11(16)14-6-9(10(15)7-14)8-20(17,18)13(4)5/h9-10,15H,6-8H2,1-5H3/t9-,10+/m0/s1. The molecule has 2 atom stereocenters. The van der Waals surface area contributed by atoms with Gasteiger partial charge in [-0.2, -0.15) is 0 Å². The van der Waals surface area contributed by atoms with E-state index in [1.54, 1.807) is 20.8 Å². The van der Waals surface area contributed by atoms with Crippen molar-refractivity contribution in [3.05, 3.63) is 0 Å². The summed E-state index contributed by atoms with van der Waals surface area (Å²) < 4.78 is 30.0. The highest BCUT2D eigenvalue weighted by Crippen LogP contribution is 2.22. The summed E-state index contributed by atoms with van der Waals surface area (Å²) in [6.07, 6.45) is -1.38. The van der Waals surface area contributed by atoms with E-state index in [0.717, 1.165) is 4.31 Å². The van der Waals surface area contributed by atoms with Gasteiger partial charge in [0.25, 0.3) is 0 Å². The number of aliphatic hydroxyl groups is 1. The molecule has 0 aromatic carbocycles. The van der Waals surface area contributed by atoms with Gasteiger partial charge >= 0.3 is 6.09 Å². The summed E-state index contributed by atoms with van der Waals surface area (Å²) in [5.41, 5.74) is -0.615. The second-order valence-corrected chi connectivity index (χ2v) is 8.50. The molecule has 20 heavy (non-hydrogen) atoms. The van der Waals surface area contributed by atoms with Crippen molar-refractivity contribution in [3.8, 4) is 0 Å². The lowest BCUT2D eigenvalue weighted by molar-refractivity contribution is 0.0270. The van der Waals surface area contributed by atoms with Crippen LogP contribution in [0.2, 0.25) is 0 Å². The summed E-state index contributed by atoms with van der Waals surface area (Å²) in [6.45, 7) is 5.55. The van der Waals surface area contributed by atoms with Gasteiger partial charge in [-0.25, -0.2) is 17.5 Å². The first-order valence-electron chi connectivity index (χ1n) is 6.48. The fourth-order valence-corrected chi connectivity index (χ4v) is 3.08. The Morgan fingerprint density at radius 1 is 1.35 bits per heavy atom. The number of carbonyl (C=O) groups is 1. The van der Waals surface area contributed by atoms with Crippen LogP contribution in [0, 0.1) is 5.92 Å². The van der Waals surface area contributed by atoms with E-state index in [1.165, 1.54) is 19.0 Å². The molecule has 1 saturated heterocycles. The number of carbonyl (C=O) groups excluding carboxylic acids is 1. The molecular weight excluding hydrogens is 284 g/mol. The first-order valence-corrected chi connectivity index (χ1v) is 8.09. The number of likely N-dealkylation sites (tertiary alicyclic amines) is 1. The molecule has 0 unspecified atom stereocenters. The summed E-state index contributed by atoms with van der Waals surface area (Å²) in [7, 11) is -0.511. The normalized spacial score (nSPS) is 24.2. The number of hydrogen-bond donors (Lipinski definition) is 1. The molecular formula is C12H24N2O5S. The van der Waals surface area contributed by atoms with Gasteiger partial charge in [0.2, 0.25) is 10.0 Å². The van der Waals surface area contributed by atoms with Crippen LogP contribution in [0.3, 0.4) is 0 Å². The van der Waals surface area contributed by atoms with Crippen LogP contribution in [0.4, 0.5) is 4.79 Å². The minimum atomic E-state index is -3.40. The Morgan fingerprint density at radius 3 is 2.35 bits per heavy atom. The molecule has 118 valence electrons. The second kappa shape index (κ2) is 5.87. The van der Waals surface area contributed by atoms with Gasteiger partial charge < -0.3 is 14.7 Å². The lowest BCUT2D eigenvalue weighted by atomic mass is 10.1. The molecule has 1 fully saturated rings. The van der Waals surface area contributed by atoms with E-state index >= 15 is 0 Å². The van der Waals surface area contributed by atoms with Gasteiger partial charge in [0, 0.05) is 26.6 Å². The van der Waals surface area contributed by atoms with Crippen LogP contribution in [-0.4, -0.2) is 73.5 Å². The predicted molar refractivity (Wildman–Crippen MR) is 74.8 cm³/mol. The molecule has 1 aliphatic rings. The van der Waals surface area contributed by atoms with Crippen LogP contribution in [-0.2, 0) is 14.8 Å². The average molecular weight is 308 g/mol. The van der Waals surface area contributed by atoms with Crippen molar-refractivity contribution in [3.63, 3.8) is 0 Å². The summed E-state index contributed by atoms with van der Waals surface area (Å²) in [5, 5.41) is 9.92. The third-order valence-corrected chi connectivity index (χ3v) is 5.00. The topological polar surface area (TPSA) is 87.2 Å². The van der Waals surface area contributed by atoms with E-state index < -0.39 is 33.7 Å². The number of sulfonamides is 1. The Balaban J connectivity index is 2.66. The SMILES string of the molecule is CN(C)S(=O)(=O)C[C@@H]1CN(C(=O)OC(C)(C)C)C[C@H]1O. The number of β-amino-alcohol motifs (C(OH)–C–C–N with tert-alkyl or cyclic N) is 1. The van der Waals surface area contributed by atoms with Crippen LogP contribution < -0.4 is 0 Å². The summed E-state index contributed by atoms with van der Waals surface area (Å²) >= 11 is 0. The van der Waals surface area contributed by atoms with Gasteiger partial charge in [0.15, 0.2) is 0 Å². The summed E-state index contributed by atoms with van der Waals surface area (Å²) in [4.78, 5) is 13.2. The Morgan fingerprint density at radius 2 is 1.90 bits per heavy atom. The Bertz CT molecular complexity index is 455. The monoisotopic (exact) mass is 308 g/mol. The number of rotatable bonds is 3. The fourth-order valence-electron chi connectivity index (χ4n) is 1.91. The first-order chi connectivity index (χ1) is 8.92. The quantitative estimate of drug-likeness (QED) is 0.799. The Labute approximate surface area is 120 Å². The summed E-state index contributed by atoms with van der Waals surface area (Å²) in [6, 6.07) is 0. The van der Waals surface area contributed by atoms with E-state index in [9.17, 15) is 18.3 Å². The maximum absolute atomic E-state index is 11.9. The van der Waals surface area contributed by atoms with Gasteiger partial charge in [-0.3, -0.25) is 0 Å². The third-order valence-electron chi connectivity index (χ3n) is 3.04. The maximum atomic E-state index is 11.9. The Hall–Kier alpha value is -0.860. The molecule has 1 rings (SSSR count). The van der Waals surface area contributed by atoms with Crippen molar-refractivity contribution in [1.29, 1.82) is 0 Å². The number of amides is 1. The van der Waals surface area contributed by atoms with Gasteiger partial charge in [-0.15, -0.1) is 0 Å².